The van der Waals surface area contributed by atoms with Gasteiger partial charge in [0.15, 0.2) is 0 Å². The smallest absolute Gasteiger partial charge is 0.217 e. The normalized spacial score (nSPS) is 13.6. The molecule has 2 atom stereocenters. The van der Waals surface area contributed by atoms with Crippen LogP contribution < -0.4 is 5.32 Å². The average molecular weight is 341 g/mol. The summed E-state index contributed by atoms with van der Waals surface area (Å²) in [7, 11) is 0. The first-order chi connectivity index (χ1) is 12.0. The van der Waals surface area contributed by atoms with E-state index >= 15 is 0 Å². The van der Waals surface area contributed by atoms with Crippen molar-refractivity contribution in [2.24, 2.45) is 0 Å². The second kappa shape index (κ2) is 7.03. The van der Waals surface area contributed by atoms with Gasteiger partial charge in [0.25, 0.3) is 0 Å². The van der Waals surface area contributed by atoms with Crippen LogP contribution in [0.2, 0.25) is 0 Å². The molecule has 1 heterocycles. The van der Waals surface area contributed by atoms with E-state index in [2.05, 4.69) is 10.3 Å². The van der Waals surface area contributed by atoms with Crippen LogP contribution in [0.25, 0.3) is 11.0 Å². The molecule has 0 aliphatic rings. The fourth-order valence-corrected chi connectivity index (χ4v) is 2.95. The Kier molecular flexibility index (Phi) is 4.81. The molecule has 25 heavy (non-hydrogen) atoms. The molecule has 130 valence electrons. The van der Waals surface area contributed by atoms with Crippen LogP contribution in [0, 0.1) is 5.82 Å². The number of nitrogens with zero attached hydrogens (tertiary/aromatic N) is 2. The SMILES string of the molecule is CC(=O)N[C@@H](C)c1nc2ccccc2n1CC(O)c1ccc(F)cc1. The number of para-hydroxylation sites is 2. The number of amides is 1. The molecule has 2 N–H and O–H groups in total. The van der Waals surface area contributed by atoms with Gasteiger partial charge in [0.1, 0.15) is 11.6 Å². The average Bonchev–Trinajstić information content (AvgIpc) is 2.94. The van der Waals surface area contributed by atoms with Crippen LogP contribution in [0.5, 0.6) is 0 Å². The van der Waals surface area contributed by atoms with E-state index < -0.39 is 6.10 Å². The molecule has 5 nitrogen and oxygen atoms in total. The van der Waals surface area contributed by atoms with Crippen molar-refractivity contribution in [1.29, 1.82) is 0 Å². The topological polar surface area (TPSA) is 67.2 Å². The molecule has 0 saturated carbocycles. The minimum absolute atomic E-state index is 0.148. The summed E-state index contributed by atoms with van der Waals surface area (Å²) in [5.74, 6) is 0.173. The Labute approximate surface area is 145 Å². The highest BCUT2D eigenvalue weighted by Gasteiger charge is 2.20. The van der Waals surface area contributed by atoms with Crippen molar-refractivity contribution in [3.63, 3.8) is 0 Å². The lowest BCUT2D eigenvalue weighted by atomic mass is 10.1. The lowest BCUT2D eigenvalue weighted by molar-refractivity contribution is -0.119. The van der Waals surface area contributed by atoms with Gasteiger partial charge in [-0.1, -0.05) is 24.3 Å². The van der Waals surface area contributed by atoms with E-state index in [1.165, 1.54) is 19.1 Å². The fourth-order valence-electron chi connectivity index (χ4n) is 2.95. The summed E-state index contributed by atoms with van der Waals surface area (Å²) in [6.45, 7) is 3.56. The van der Waals surface area contributed by atoms with Gasteiger partial charge in [-0.3, -0.25) is 4.79 Å². The summed E-state index contributed by atoms with van der Waals surface area (Å²) < 4.78 is 15.0. The molecule has 3 aromatic rings. The van der Waals surface area contributed by atoms with Gasteiger partial charge in [0.05, 0.1) is 29.7 Å². The molecule has 1 unspecified atom stereocenters. The molecule has 1 aromatic heterocycles. The second-order valence-electron chi connectivity index (χ2n) is 6.06. The summed E-state index contributed by atoms with van der Waals surface area (Å²) >= 11 is 0. The molecule has 2 aromatic carbocycles. The molecule has 0 spiro atoms. The number of aliphatic hydroxyl groups is 1. The first-order valence-electron chi connectivity index (χ1n) is 8.11. The summed E-state index contributed by atoms with van der Waals surface area (Å²) in [4.78, 5) is 16.0. The standard InChI is InChI=1S/C19H20FN3O2/c1-12(21-13(2)24)19-22-16-5-3-4-6-17(16)23(19)11-18(25)14-7-9-15(20)10-8-14/h3-10,12,18,25H,11H2,1-2H3,(H,21,24)/t12-,18?/m0/s1. The summed E-state index contributed by atoms with van der Waals surface area (Å²) in [5, 5.41) is 13.4. The molecule has 1 amide bonds. The zero-order valence-corrected chi connectivity index (χ0v) is 14.1. The third-order valence-electron chi connectivity index (χ3n) is 4.10. The first kappa shape index (κ1) is 17.1. The summed E-state index contributed by atoms with van der Waals surface area (Å²) in [6.07, 6.45) is -0.818. The Bertz CT molecular complexity index is 889. The van der Waals surface area contributed by atoms with Gasteiger partial charge < -0.3 is 15.0 Å². The number of fused-ring (bicyclic) bond motifs is 1. The van der Waals surface area contributed by atoms with Crippen LogP contribution in [0.4, 0.5) is 4.39 Å². The number of benzene rings is 2. The molecule has 0 aliphatic carbocycles. The van der Waals surface area contributed by atoms with E-state index in [0.29, 0.717) is 11.4 Å². The van der Waals surface area contributed by atoms with Crippen LogP contribution in [-0.4, -0.2) is 20.6 Å². The maximum absolute atomic E-state index is 13.1. The quantitative estimate of drug-likeness (QED) is 0.749. The van der Waals surface area contributed by atoms with Crippen LogP contribution >= 0.6 is 0 Å². The van der Waals surface area contributed by atoms with E-state index in [9.17, 15) is 14.3 Å². The van der Waals surface area contributed by atoms with Crippen molar-refractivity contribution in [3.05, 3.63) is 65.7 Å². The number of rotatable bonds is 5. The number of carbonyl (C=O) groups is 1. The zero-order valence-electron chi connectivity index (χ0n) is 14.1. The largest absolute Gasteiger partial charge is 0.387 e. The maximum Gasteiger partial charge on any atom is 0.217 e. The molecule has 0 saturated heterocycles. The highest BCUT2D eigenvalue weighted by atomic mass is 19.1. The van der Waals surface area contributed by atoms with E-state index in [-0.39, 0.29) is 24.3 Å². The number of imidazole rings is 1. The fraction of sp³-hybridized carbons (Fsp3) is 0.263. The maximum atomic E-state index is 13.1. The lowest BCUT2D eigenvalue weighted by Gasteiger charge is -2.18. The Morgan fingerprint density at radius 3 is 2.60 bits per heavy atom. The van der Waals surface area contributed by atoms with Crippen LogP contribution in [0.3, 0.4) is 0 Å². The Balaban J connectivity index is 1.98. The van der Waals surface area contributed by atoms with E-state index in [1.54, 1.807) is 12.1 Å². The van der Waals surface area contributed by atoms with Gasteiger partial charge in [0.2, 0.25) is 5.91 Å². The number of aromatic nitrogens is 2. The molecule has 0 bridgehead atoms. The van der Waals surface area contributed by atoms with Gasteiger partial charge in [-0.25, -0.2) is 9.37 Å². The van der Waals surface area contributed by atoms with E-state index in [1.807, 2.05) is 35.8 Å². The number of halogens is 1. The minimum Gasteiger partial charge on any atom is -0.387 e. The second-order valence-corrected chi connectivity index (χ2v) is 6.06. The monoisotopic (exact) mass is 341 g/mol. The van der Waals surface area contributed by atoms with Gasteiger partial charge in [-0.2, -0.15) is 0 Å². The highest BCUT2D eigenvalue weighted by Crippen LogP contribution is 2.24. The predicted octanol–water partition coefficient (Wildman–Crippen LogP) is 3.11. The van der Waals surface area contributed by atoms with E-state index in [4.69, 9.17) is 0 Å². The van der Waals surface area contributed by atoms with Gasteiger partial charge >= 0.3 is 0 Å². The first-order valence-corrected chi connectivity index (χ1v) is 8.11. The number of carbonyl (C=O) groups excluding carboxylic acids is 1. The van der Waals surface area contributed by atoms with Crippen LogP contribution in [0.15, 0.2) is 48.5 Å². The molecule has 0 radical (unpaired) electrons. The zero-order chi connectivity index (χ0) is 18.0. The Hall–Kier alpha value is -2.73. The molecule has 6 heteroatoms. The minimum atomic E-state index is -0.818. The van der Waals surface area contributed by atoms with Gasteiger partial charge in [0, 0.05) is 6.92 Å². The number of hydrogen-bond donors (Lipinski definition) is 2. The van der Waals surface area contributed by atoms with Crippen molar-refractivity contribution in [1.82, 2.24) is 14.9 Å². The number of nitrogens with one attached hydrogen (secondary N) is 1. The number of hydrogen-bond acceptors (Lipinski definition) is 3. The predicted molar refractivity (Wildman–Crippen MR) is 93.3 cm³/mol. The van der Waals surface area contributed by atoms with Crippen molar-refractivity contribution < 1.29 is 14.3 Å². The molecular formula is C19H20FN3O2. The summed E-state index contributed by atoms with van der Waals surface area (Å²) in [5.41, 5.74) is 2.29. The highest BCUT2D eigenvalue weighted by molar-refractivity contribution is 5.77. The van der Waals surface area contributed by atoms with Gasteiger partial charge in [-0.15, -0.1) is 0 Å². The lowest BCUT2D eigenvalue weighted by Crippen LogP contribution is -2.27. The van der Waals surface area contributed by atoms with Crippen molar-refractivity contribution in [3.8, 4) is 0 Å². The third-order valence-corrected chi connectivity index (χ3v) is 4.10. The molecular weight excluding hydrogens is 321 g/mol. The summed E-state index contributed by atoms with van der Waals surface area (Å²) in [6, 6.07) is 13.1. The van der Waals surface area contributed by atoms with Crippen molar-refractivity contribution in [2.45, 2.75) is 32.5 Å². The van der Waals surface area contributed by atoms with Crippen LogP contribution in [-0.2, 0) is 11.3 Å². The van der Waals surface area contributed by atoms with Gasteiger partial charge in [-0.05, 0) is 36.8 Å². The number of aliphatic hydroxyl groups excluding tert-OH is 1. The molecule has 3 rings (SSSR count). The van der Waals surface area contributed by atoms with Crippen molar-refractivity contribution >= 4 is 16.9 Å². The van der Waals surface area contributed by atoms with E-state index in [0.717, 1.165) is 11.0 Å². The third kappa shape index (κ3) is 3.69. The Morgan fingerprint density at radius 1 is 1.24 bits per heavy atom. The molecule has 0 fully saturated rings. The van der Waals surface area contributed by atoms with Crippen LogP contribution in [0.1, 0.15) is 37.4 Å². The van der Waals surface area contributed by atoms with Crippen molar-refractivity contribution in [2.75, 3.05) is 0 Å². The molecule has 0 aliphatic heterocycles. The Morgan fingerprint density at radius 2 is 1.92 bits per heavy atom.